The normalized spacial score (nSPS) is 10.2. The van der Waals surface area contributed by atoms with E-state index in [0.717, 1.165) is 12.1 Å². The van der Waals surface area contributed by atoms with E-state index < -0.39 is 0 Å². The fraction of sp³-hybridized carbons (Fsp3) is 0.500. The van der Waals surface area contributed by atoms with Crippen molar-refractivity contribution in [2.24, 2.45) is 0 Å². The zero-order valence-electron chi connectivity index (χ0n) is 11.6. The molecule has 0 spiro atoms. The molecule has 19 heavy (non-hydrogen) atoms. The van der Waals surface area contributed by atoms with Gasteiger partial charge < -0.3 is 19.7 Å². The predicted molar refractivity (Wildman–Crippen MR) is 75.4 cm³/mol. The van der Waals surface area contributed by atoms with Gasteiger partial charge in [0.15, 0.2) is 0 Å². The molecule has 106 valence electrons. The van der Waals surface area contributed by atoms with Gasteiger partial charge >= 0.3 is 6.03 Å². The fourth-order valence-electron chi connectivity index (χ4n) is 1.64. The number of nitrogens with one attached hydrogen (secondary N) is 1. The average molecular weight is 266 g/mol. The first-order valence-corrected chi connectivity index (χ1v) is 6.36. The van der Waals surface area contributed by atoms with Crippen LogP contribution in [0, 0.1) is 0 Å². The van der Waals surface area contributed by atoms with Gasteiger partial charge in [0.25, 0.3) is 0 Å². The summed E-state index contributed by atoms with van der Waals surface area (Å²) in [6, 6.07) is 9.31. The number of para-hydroxylation sites is 1. The molecule has 0 radical (unpaired) electrons. The van der Waals surface area contributed by atoms with E-state index in [-0.39, 0.29) is 6.03 Å². The monoisotopic (exact) mass is 266 g/mol. The molecule has 1 aromatic rings. The second-order valence-electron chi connectivity index (χ2n) is 4.12. The fourth-order valence-corrected chi connectivity index (χ4v) is 1.64. The molecule has 5 nitrogen and oxygen atoms in total. The predicted octanol–water partition coefficient (Wildman–Crippen LogP) is 2.20. The molecule has 0 aliphatic rings. The van der Waals surface area contributed by atoms with E-state index in [1.807, 2.05) is 30.3 Å². The third kappa shape index (κ3) is 6.22. The molecule has 0 unspecified atom stereocenters. The second-order valence-corrected chi connectivity index (χ2v) is 4.12. The highest BCUT2D eigenvalue weighted by Gasteiger charge is 2.12. The Morgan fingerprint density at radius 1 is 1.11 bits per heavy atom. The molecular weight excluding hydrogens is 244 g/mol. The number of urea groups is 1. The molecule has 2 amide bonds. The number of rotatable bonds is 8. The van der Waals surface area contributed by atoms with Gasteiger partial charge in [-0.15, -0.1) is 0 Å². The minimum absolute atomic E-state index is 0.112. The van der Waals surface area contributed by atoms with Crippen molar-refractivity contribution in [3.8, 4) is 0 Å². The molecule has 5 heteroatoms. The number of hydrogen-bond acceptors (Lipinski definition) is 3. The summed E-state index contributed by atoms with van der Waals surface area (Å²) in [5.74, 6) is 0. The van der Waals surface area contributed by atoms with Gasteiger partial charge in [-0.3, -0.25) is 0 Å². The summed E-state index contributed by atoms with van der Waals surface area (Å²) < 4.78 is 10.0. The highest BCUT2D eigenvalue weighted by molar-refractivity contribution is 5.89. The van der Waals surface area contributed by atoms with Crippen LogP contribution >= 0.6 is 0 Å². The van der Waals surface area contributed by atoms with Crippen LogP contribution in [0.4, 0.5) is 10.5 Å². The van der Waals surface area contributed by atoms with Crippen molar-refractivity contribution in [3.05, 3.63) is 30.3 Å². The summed E-state index contributed by atoms with van der Waals surface area (Å²) in [6.07, 6.45) is 0.808. The van der Waals surface area contributed by atoms with Crippen molar-refractivity contribution in [1.82, 2.24) is 4.90 Å². The molecule has 1 rings (SSSR count). The molecule has 0 aliphatic heterocycles. The Bertz CT molecular complexity index is 357. The Morgan fingerprint density at radius 3 is 2.42 bits per heavy atom. The van der Waals surface area contributed by atoms with Gasteiger partial charge in [0.2, 0.25) is 0 Å². The molecular formula is C14H22N2O3. The van der Waals surface area contributed by atoms with Gasteiger partial charge in [-0.05, 0) is 18.6 Å². The molecule has 0 bridgehead atoms. The van der Waals surface area contributed by atoms with Crippen molar-refractivity contribution >= 4 is 11.7 Å². The lowest BCUT2D eigenvalue weighted by Gasteiger charge is -2.22. The molecule has 0 heterocycles. The first-order valence-electron chi connectivity index (χ1n) is 6.36. The van der Waals surface area contributed by atoms with Crippen molar-refractivity contribution in [2.75, 3.05) is 45.8 Å². The zero-order valence-corrected chi connectivity index (χ0v) is 11.6. The van der Waals surface area contributed by atoms with Crippen LogP contribution in [-0.2, 0) is 9.47 Å². The Balaban J connectivity index is 2.49. The van der Waals surface area contributed by atoms with Crippen molar-refractivity contribution in [3.63, 3.8) is 0 Å². The quantitative estimate of drug-likeness (QED) is 0.734. The van der Waals surface area contributed by atoms with Gasteiger partial charge in [0.1, 0.15) is 0 Å². The van der Waals surface area contributed by atoms with Gasteiger partial charge in [-0.1, -0.05) is 18.2 Å². The summed E-state index contributed by atoms with van der Waals surface area (Å²) in [7, 11) is 3.28. The Labute approximate surface area is 114 Å². The maximum atomic E-state index is 12.1. The average Bonchev–Trinajstić information content (AvgIpc) is 2.43. The van der Waals surface area contributed by atoms with Gasteiger partial charge in [0.05, 0.1) is 6.61 Å². The first-order chi connectivity index (χ1) is 9.27. The number of nitrogens with zero attached hydrogens (tertiary/aromatic N) is 1. The number of methoxy groups -OCH3 is 2. The van der Waals surface area contributed by atoms with Crippen molar-refractivity contribution < 1.29 is 14.3 Å². The van der Waals surface area contributed by atoms with Crippen LogP contribution in [0.1, 0.15) is 6.42 Å². The molecule has 0 aliphatic carbocycles. The zero-order chi connectivity index (χ0) is 13.9. The molecule has 0 aromatic heterocycles. The third-order valence-corrected chi connectivity index (χ3v) is 2.65. The topological polar surface area (TPSA) is 50.8 Å². The lowest BCUT2D eigenvalue weighted by atomic mass is 10.3. The van der Waals surface area contributed by atoms with E-state index in [2.05, 4.69) is 5.32 Å². The number of anilines is 1. The molecule has 0 saturated heterocycles. The number of carbonyl (C=O) groups excluding carboxylic acids is 1. The van der Waals surface area contributed by atoms with Crippen molar-refractivity contribution in [2.45, 2.75) is 6.42 Å². The molecule has 0 fully saturated rings. The Morgan fingerprint density at radius 2 is 1.79 bits per heavy atom. The van der Waals surface area contributed by atoms with Crippen LogP contribution in [0.5, 0.6) is 0 Å². The van der Waals surface area contributed by atoms with Crippen LogP contribution in [0.25, 0.3) is 0 Å². The lowest BCUT2D eigenvalue weighted by Crippen LogP contribution is -2.38. The van der Waals surface area contributed by atoms with E-state index in [1.165, 1.54) is 0 Å². The third-order valence-electron chi connectivity index (χ3n) is 2.65. The smallest absolute Gasteiger partial charge is 0.321 e. The van der Waals surface area contributed by atoms with Gasteiger partial charge in [-0.2, -0.15) is 0 Å². The number of amides is 2. The number of benzene rings is 1. The largest absolute Gasteiger partial charge is 0.385 e. The summed E-state index contributed by atoms with van der Waals surface area (Å²) in [5, 5.41) is 2.87. The Hall–Kier alpha value is -1.59. The molecule has 1 N–H and O–H groups in total. The van der Waals surface area contributed by atoms with Crippen LogP contribution < -0.4 is 5.32 Å². The molecule has 0 saturated carbocycles. The minimum Gasteiger partial charge on any atom is -0.385 e. The highest BCUT2D eigenvalue weighted by atomic mass is 16.5. The number of carbonyl (C=O) groups is 1. The Kier molecular flexibility index (Phi) is 7.62. The van der Waals surface area contributed by atoms with Gasteiger partial charge in [0, 0.05) is 39.6 Å². The van der Waals surface area contributed by atoms with Gasteiger partial charge in [-0.25, -0.2) is 4.79 Å². The molecule has 0 atom stereocenters. The van der Waals surface area contributed by atoms with E-state index in [0.29, 0.717) is 26.3 Å². The van der Waals surface area contributed by atoms with E-state index in [9.17, 15) is 4.79 Å². The van der Waals surface area contributed by atoms with Crippen LogP contribution in [0.2, 0.25) is 0 Å². The summed E-state index contributed by atoms with van der Waals surface area (Å²) >= 11 is 0. The SMILES string of the molecule is COCCCN(CCOC)C(=O)Nc1ccccc1. The number of hydrogen-bond donors (Lipinski definition) is 1. The second kappa shape index (κ2) is 9.35. The molecule has 1 aromatic carbocycles. The van der Waals surface area contributed by atoms with Crippen LogP contribution in [0.15, 0.2) is 30.3 Å². The summed E-state index contributed by atoms with van der Waals surface area (Å²) in [4.78, 5) is 13.9. The van der Waals surface area contributed by atoms with Crippen LogP contribution in [-0.4, -0.2) is 51.5 Å². The highest BCUT2D eigenvalue weighted by Crippen LogP contribution is 2.07. The van der Waals surface area contributed by atoms with Crippen molar-refractivity contribution in [1.29, 1.82) is 0 Å². The van der Waals surface area contributed by atoms with E-state index in [4.69, 9.17) is 9.47 Å². The summed E-state index contributed by atoms with van der Waals surface area (Å²) in [5.41, 5.74) is 0.793. The standard InChI is InChI=1S/C14H22N2O3/c1-18-11-6-9-16(10-12-19-2)14(17)15-13-7-4-3-5-8-13/h3-5,7-8H,6,9-12H2,1-2H3,(H,15,17). The number of ether oxygens (including phenoxy) is 2. The summed E-state index contributed by atoms with van der Waals surface area (Å²) in [6.45, 7) is 2.38. The van der Waals surface area contributed by atoms with E-state index in [1.54, 1.807) is 19.1 Å². The first kappa shape index (κ1) is 15.5. The van der Waals surface area contributed by atoms with E-state index >= 15 is 0 Å². The minimum atomic E-state index is -0.112. The maximum Gasteiger partial charge on any atom is 0.321 e. The van der Waals surface area contributed by atoms with Crippen LogP contribution in [0.3, 0.4) is 0 Å². The lowest BCUT2D eigenvalue weighted by molar-refractivity contribution is 0.143. The maximum absolute atomic E-state index is 12.1.